The number of unbranched alkanes of at least 4 members (excludes halogenated alkanes) is 2. The first-order valence-electron chi connectivity index (χ1n) is 12.1. The number of methoxy groups -OCH3 is 1. The first-order valence-corrected chi connectivity index (χ1v) is 12.1. The zero-order valence-electron chi connectivity index (χ0n) is 20.1. The molecule has 2 aromatic carbocycles. The number of aromatic nitrogens is 2. The van der Waals surface area contributed by atoms with E-state index in [9.17, 15) is 9.59 Å². The number of pyridine rings is 1. The van der Waals surface area contributed by atoms with Gasteiger partial charge in [-0.05, 0) is 73.8 Å². The number of fused-ring (bicyclic) bond motifs is 3. The van der Waals surface area contributed by atoms with Gasteiger partial charge in [-0.15, -0.1) is 0 Å². The SMILES string of the molecule is COc1ccc(CNC(=O)CCC(=O)c2ccc3[nH]c4nc(CCCCCN)ccc4c3c2)cc1. The van der Waals surface area contributed by atoms with Crippen molar-refractivity contribution in [2.75, 3.05) is 13.7 Å². The molecule has 0 bridgehead atoms. The highest BCUT2D eigenvalue weighted by Crippen LogP contribution is 2.26. The van der Waals surface area contributed by atoms with Gasteiger partial charge in [0.1, 0.15) is 11.4 Å². The van der Waals surface area contributed by atoms with Crippen molar-refractivity contribution in [1.29, 1.82) is 0 Å². The van der Waals surface area contributed by atoms with Crippen molar-refractivity contribution in [3.63, 3.8) is 0 Å². The highest BCUT2D eigenvalue weighted by molar-refractivity contribution is 6.09. The number of ketones is 1. The molecule has 0 aliphatic heterocycles. The van der Waals surface area contributed by atoms with Gasteiger partial charge in [0.2, 0.25) is 5.91 Å². The number of benzene rings is 2. The summed E-state index contributed by atoms with van der Waals surface area (Å²) in [5.41, 5.74) is 9.98. The van der Waals surface area contributed by atoms with Crippen LogP contribution in [0.4, 0.5) is 0 Å². The number of rotatable bonds is 12. The van der Waals surface area contributed by atoms with Gasteiger partial charge >= 0.3 is 0 Å². The van der Waals surface area contributed by atoms with Crippen LogP contribution in [0, 0.1) is 0 Å². The van der Waals surface area contributed by atoms with Crippen molar-refractivity contribution in [3.8, 4) is 5.75 Å². The molecule has 4 N–H and O–H groups in total. The number of amides is 1. The quantitative estimate of drug-likeness (QED) is 0.205. The van der Waals surface area contributed by atoms with Gasteiger partial charge in [-0.3, -0.25) is 9.59 Å². The lowest BCUT2D eigenvalue weighted by Crippen LogP contribution is -2.23. The molecule has 0 unspecified atom stereocenters. The number of carbonyl (C=O) groups excluding carboxylic acids is 2. The second kappa shape index (κ2) is 11.6. The van der Waals surface area contributed by atoms with Crippen molar-refractivity contribution in [3.05, 3.63) is 71.4 Å². The number of carbonyl (C=O) groups is 2. The summed E-state index contributed by atoms with van der Waals surface area (Å²) in [5.74, 6) is 0.572. The maximum Gasteiger partial charge on any atom is 0.220 e. The van der Waals surface area contributed by atoms with E-state index in [-0.39, 0.29) is 24.5 Å². The smallest absolute Gasteiger partial charge is 0.220 e. The van der Waals surface area contributed by atoms with E-state index >= 15 is 0 Å². The molecule has 1 amide bonds. The standard InChI is InChI=1S/C28H32N4O3/c1-35-22-10-6-19(7-11-22)18-30-27(34)15-14-26(33)20-8-13-25-24(17-20)23-12-9-21(31-28(23)32-25)5-3-2-4-16-29/h6-13,17H,2-5,14-16,18,29H2,1H3,(H,30,34)(H,31,32). The predicted octanol–water partition coefficient (Wildman–Crippen LogP) is 4.68. The second-order valence-electron chi connectivity index (χ2n) is 8.73. The van der Waals surface area contributed by atoms with Crippen LogP contribution in [0.2, 0.25) is 0 Å². The average molecular weight is 473 g/mol. The molecule has 7 nitrogen and oxygen atoms in total. The molecule has 7 heteroatoms. The number of aromatic amines is 1. The third kappa shape index (κ3) is 6.25. The zero-order valence-corrected chi connectivity index (χ0v) is 20.1. The summed E-state index contributed by atoms with van der Waals surface area (Å²) >= 11 is 0. The minimum atomic E-state index is -0.148. The van der Waals surface area contributed by atoms with Gasteiger partial charge in [0, 0.05) is 46.9 Å². The summed E-state index contributed by atoms with van der Waals surface area (Å²) < 4.78 is 5.14. The van der Waals surface area contributed by atoms with Gasteiger partial charge in [0.25, 0.3) is 0 Å². The first kappa shape index (κ1) is 24.4. The summed E-state index contributed by atoms with van der Waals surface area (Å²) in [6, 6.07) is 17.3. The van der Waals surface area contributed by atoms with Crippen molar-refractivity contribution in [1.82, 2.24) is 15.3 Å². The fraction of sp³-hybridized carbons (Fsp3) is 0.321. The van der Waals surface area contributed by atoms with Crippen LogP contribution in [-0.2, 0) is 17.8 Å². The van der Waals surface area contributed by atoms with Gasteiger partial charge in [-0.1, -0.05) is 18.6 Å². The maximum atomic E-state index is 12.8. The number of nitrogens with zero attached hydrogens (tertiary/aromatic N) is 1. The molecular weight excluding hydrogens is 440 g/mol. The van der Waals surface area contributed by atoms with Crippen LogP contribution >= 0.6 is 0 Å². The molecule has 0 spiro atoms. The molecule has 2 heterocycles. The number of Topliss-reactive ketones (excluding diaryl/α,β-unsaturated/α-hetero) is 1. The number of nitrogens with one attached hydrogen (secondary N) is 2. The Bertz CT molecular complexity index is 1310. The Morgan fingerprint density at radius 3 is 2.57 bits per heavy atom. The van der Waals surface area contributed by atoms with Crippen LogP contribution in [0.25, 0.3) is 21.9 Å². The molecule has 35 heavy (non-hydrogen) atoms. The average Bonchev–Trinajstić information content (AvgIpc) is 3.26. The van der Waals surface area contributed by atoms with Crippen LogP contribution in [0.15, 0.2) is 54.6 Å². The Morgan fingerprint density at radius 1 is 0.971 bits per heavy atom. The molecule has 182 valence electrons. The van der Waals surface area contributed by atoms with Gasteiger partial charge in [-0.25, -0.2) is 4.98 Å². The van der Waals surface area contributed by atoms with Crippen molar-refractivity contribution < 1.29 is 14.3 Å². The molecule has 0 aliphatic rings. The lowest BCUT2D eigenvalue weighted by Gasteiger charge is -2.06. The molecule has 0 saturated heterocycles. The molecular formula is C28H32N4O3. The molecule has 2 aromatic heterocycles. The fourth-order valence-electron chi connectivity index (χ4n) is 4.16. The Morgan fingerprint density at radius 2 is 1.80 bits per heavy atom. The highest BCUT2D eigenvalue weighted by atomic mass is 16.5. The van der Waals surface area contributed by atoms with Gasteiger partial charge < -0.3 is 20.8 Å². The predicted molar refractivity (Wildman–Crippen MR) is 139 cm³/mol. The minimum absolute atomic E-state index is 0.0506. The van der Waals surface area contributed by atoms with E-state index in [4.69, 9.17) is 15.5 Å². The molecule has 0 fully saturated rings. The molecule has 0 aliphatic carbocycles. The third-order valence-corrected chi connectivity index (χ3v) is 6.20. The number of H-pyrrole nitrogens is 1. The van der Waals surface area contributed by atoms with E-state index in [1.807, 2.05) is 42.5 Å². The second-order valence-corrected chi connectivity index (χ2v) is 8.73. The molecule has 0 atom stereocenters. The number of aryl methyl sites for hydroxylation is 1. The fourth-order valence-corrected chi connectivity index (χ4v) is 4.16. The van der Waals surface area contributed by atoms with Crippen molar-refractivity contribution >= 4 is 33.6 Å². The number of nitrogens with two attached hydrogens (primary N) is 1. The zero-order chi connectivity index (χ0) is 24.6. The largest absolute Gasteiger partial charge is 0.497 e. The van der Waals surface area contributed by atoms with Crippen LogP contribution in [-0.4, -0.2) is 35.3 Å². The van der Waals surface area contributed by atoms with E-state index < -0.39 is 0 Å². The lowest BCUT2D eigenvalue weighted by molar-refractivity contribution is -0.121. The molecule has 0 saturated carbocycles. The van der Waals surface area contributed by atoms with E-state index in [2.05, 4.69) is 22.4 Å². The monoisotopic (exact) mass is 472 g/mol. The van der Waals surface area contributed by atoms with Crippen LogP contribution in [0.3, 0.4) is 0 Å². The topological polar surface area (TPSA) is 110 Å². The van der Waals surface area contributed by atoms with Gasteiger partial charge in [0.15, 0.2) is 5.78 Å². The Hall–Kier alpha value is -3.71. The summed E-state index contributed by atoms with van der Waals surface area (Å²) in [4.78, 5) is 33.2. The normalized spacial score (nSPS) is 11.1. The summed E-state index contributed by atoms with van der Waals surface area (Å²) in [6.07, 6.45) is 4.45. The maximum absolute atomic E-state index is 12.8. The summed E-state index contributed by atoms with van der Waals surface area (Å²) in [6.45, 7) is 1.14. The van der Waals surface area contributed by atoms with Gasteiger partial charge in [0.05, 0.1) is 7.11 Å². The lowest BCUT2D eigenvalue weighted by atomic mass is 10.0. The van der Waals surface area contributed by atoms with Crippen molar-refractivity contribution in [2.45, 2.75) is 45.1 Å². The molecule has 4 aromatic rings. The minimum Gasteiger partial charge on any atom is -0.497 e. The summed E-state index contributed by atoms with van der Waals surface area (Å²) in [5, 5.41) is 4.84. The highest BCUT2D eigenvalue weighted by Gasteiger charge is 2.13. The van der Waals surface area contributed by atoms with Crippen LogP contribution < -0.4 is 15.8 Å². The number of hydrogen-bond donors (Lipinski definition) is 3. The third-order valence-electron chi connectivity index (χ3n) is 6.20. The Balaban J connectivity index is 1.35. The Labute approximate surface area is 205 Å². The van der Waals surface area contributed by atoms with E-state index in [0.29, 0.717) is 12.1 Å². The van der Waals surface area contributed by atoms with Crippen LogP contribution in [0.5, 0.6) is 5.75 Å². The van der Waals surface area contributed by atoms with E-state index in [1.165, 1.54) is 0 Å². The van der Waals surface area contributed by atoms with E-state index in [1.54, 1.807) is 7.11 Å². The number of hydrogen-bond acceptors (Lipinski definition) is 5. The first-order chi connectivity index (χ1) is 17.1. The van der Waals surface area contributed by atoms with Crippen LogP contribution in [0.1, 0.15) is 53.7 Å². The summed E-state index contributed by atoms with van der Waals surface area (Å²) in [7, 11) is 1.62. The number of ether oxygens (including phenoxy) is 1. The van der Waals surface area contributed by atoms with Crippen molar-refractivity contribution in [2.24, 2.45) is 5.73 Å². The molecule has 4 rings (SSSR count). The Kier molecular flexibility index (Phi) is 8.11. The van der Waals surface area contributed by atoms with E-state index in [0.717, 1.165) is 71.2 Å². The van der Waals surface area contributed by atoms with Gasteiger partial charge in [-0.2, -0.15) is 0 Å². The molecule has 0 radical (unpaired) electrons.